The van der Waals surface area contributed by atoms with Crippen LogP contribution in [0.25, 0.3) is 0 Å². The zero-order valence-corrected chi connectivity index (χ0v) is 18.9. The second kappa shape index (κ2) is 9.62. The van der Waals surface area contributed by atoms with E-state index in [0.717, 1.165) is 68.8 Å². The SMILES string of the molecule is COc1ccc(C(=O)NCCc2nnc3n2CCN(Cc2ccc4c(c2)CCO4)CC3)cc1. The molecule has 172 valence electrons. The van der Waals surface area contributed by atoms with Crippen LogP contribution in [-0.2, 0) is 32.4 Å². The molecule has 1 N–H and O–H groups in total. The van der Waals surface area contributed by atoms with Gasteiger partial charge in [0.25, 0.3) is 5.91 Å². The van der Waals surface area contributed by atoms with E-state index < -0.39 is 0 Å². The van der Waals surface area contributed by atoms with Gasteiger partial charge in [-0.25, -0.2) is 0 Å². The van der Waals surface area contributed by atoms with Crippen molar-refractivity contribution in [1.29, 1.82) is 0 Å². The Balaban J connectivity index is 1.14. The molecule has 0 bridgehead atoms. The normalized spacial score (nSPS) is 15.3. The maximum Gasteiger partial charge on any atom is 0.251 e. The minimum Gasteiger partial charge on any atom is -0.497 e. The summed E-state index contributed by atoms with van der Waals surface area (Å²) < 4.78 is 13.0. The van der Waals surface area contributed by atoms with E-state index >= 15 is 0 Å². The monoisotopic (exact) mass is 447 g/mol. The van der Waals surface area contributed by atoms with E-state index in [0.29, 0.717) is 18.5 Å². The molecule has 1 aromatic heterocycles. The van der Waals surface area contributed by atoms with Gasteiger partial charge in [0, 0.05) is 57.5 Å². The van der Waals surface area contributed by atoms with Gasteiger partial charge in [0.15, 0.2) is 0 Å². The molecule has 0 atom stereocenters. The minimum atomic E-state index is -0.0980. The van der Waals surface area contributed by atoms with E-state index in [2.05, 4.69) is 43.2 Å². The molecule has 0 unspecified atom stereocenters. The molecule has 3 aromatic rings. The second-order valence-corrected chi connectivity index (χ2v) is 8.49. The molecule has 8 nitrogen and oxygen atoms in total. The number of rotatable bonds is 7. The van der Waals surface area contributed by atoms with Crippen LogP contribution in [0.4, 0.5) is 0 Å². The van der Waals surface area contributed by atoms with Crippen LogP contribution in [0.2, 0.25) is 0 Å². The van der Waals surface area contributed by atoms with Crippen molar-refractivity contribution in [2.45, 2.75) is 32.4 Å². The highest BCUT2D eigenvalue weighted by Crippen LogP contribution is 2.26. The Hall–Kier alpha value is -3.39. The Bertz CT molecular complexity index is 1130. The minimum absolute atomic E-state index is 0.0980. The van der Waals surface area contributed by atoms with Crippen molar-refractivity contribution in [2.24, 2.45) is 0 Å². The summed E-state index contributed by atoms with van der Waals surface area (Å²) in [6, 6.07) is 13.7. The third kappa shape index (κ3) is 4.85. The van der Waals surface area contributed by atoms with Crippen molar-refractivity contribution >= 4 is 5.91 Å². The van der Waals surface area contributed by atoms with Crippen molar-refractivity contribution in [3.63, 3.8) is 0 Å². The Labute approximate surface area is 193 Å². The molecule has 2 aliphatic heterocycles. The lowest BCUT2D eigenvalue weighted by Gasteiger charge is -2.20. The molecule has 0 spiro atoms. The molecule has 0 aliphatic carbocycles. The molecular weight excluding hydrogens is 418 g/mol. The number of nitrogens with one attached hydrogen (secondary N) is 1. The Morgan fingerprint density at radius 1 is 1.09 bits per heavy atom. The number of ether oxygens (including phenoxy) is 2. The number of carbonyl (C=O) groups is 1. The van der Waals surface area contributed by atoms with E-state index in [9.17, 15) is 4.79 Å². The first-order valence-electron chi connectivity index (χ1n) is 11.5. The van der Waals surface area contributed by atoms with Crippen molar-refractivity contribution in [2.75, 3.05) is 33.4 Å². The van der Waals surface area contributed by atoms with Gasteiger partial charge in [0.05, 0.1) is 13.7 Å². The quantitative estimate of drug-likeness (QED) is 0.598. The van der Waals surface area contributed by atoms with Crippen LogP contribution in [0.15, 0.2) is 42.5 Å². The maximum absolute atomic E-state index is 12.4. The van der Waals surface area contributed by atoms with E-state index in [-0.39, 0.29) is 5.91 Å². The first-order valence-corrected chi connectivity index (χ1v) is 11.5. The Morgan fingerprint density at radius 3 is 2.82 bits per heavy atom. The summed E-state index contributed by atoms with van der Waals surface area (Å²) in [5.41, 5.74) is 3.27. The van der Waals surface area contributed by atoms with Gasteiger partial charge in [-0.15, -0.1) is 10.2 Å². The zero-order valence-electron chi connectivity index (χ0n) is 18.9. The van der Waals surface area contributed by atoms with Crippen molar-refractivity contribution in [3.05, 3.63) is 70.8 Å². The summed E-state index contributed by atoms with van der Waals surface area (Å²) in [6.07, 6.45) is 2.53. The van der Waals surface area contributed by atoms with Crippen LogP contribution in [0.1, 0.15) is 33.1 Å². The van der Waals surface area contributed by atoms with E-state index in [1.165, 1.54) is 11.1 Å². The van der Waals surface area contributed by atoms with E-state index in [1.54, 1.807) is 31.4 Å². The maximum atomic E-state index is 12.4. The summed E-state index contributed by atoms with van der Waals surface area (Å²) >= 11 is 0. The predicted octanol–water partition coefficient (Wildman–Crippen LogP) is 2.25. The Morgan fingerprint density at radius 2 is 1.97 bits per heavy atom. The standard InChI is InChI=1S/C25H29N5O3/c1-32-21-5-3-19(4-6-21)25(31)26-11-8-23-27-28-24-9-12-29(13-14-30(23)24)17-18-2-7-22-20(16-18)10-15-33-22/h2-7,16H,8-15,17H2,1H3,(H,26,31). The number of hydrogen-bond donors (Lipinski definition) is 1. The smallest absolute Gasteiger partial charge is 0.251 e. The molecule has 0 saturated carbocycles. The van der Waals surface area contributed by atoms with Gasteiger partial charge < -0.3 is 19.4 Å². The lowest BCUT2D eigenvalue weighted by atomic mass is 10.1. The number of benzene rings is 2. The van der Waals surface area contributed by atoms with Crippen LogP contribution >= 0.6 is 0 Å². The van der Waals surface area contributed by atoms with Gasteiger partial charge >= 0.3 is 0 Å². The van der Waals surface area contributed by atoms with Gasteiger partial charge in [-0.3, -0.25) is 9.69 Å². The number of hydrogen-bond acceptors (Lipinski definition) is 6. The lowest BCUT2D eigenvalue weighted by Crippen LogP contribution is -2.28. The average molecular weight is 448 g/mol. The number of amides is 1. The van der Waals surface area contributed by atoms with Gasteiger partial charge in [-0.2, -0.15) is 0 Å². The summed E-state index contributed by atoms with van der Waals surface area (Å²) in [4.78, 5) is 14.9. The molecule has 8 heteroatoms. The molecule has 0 radical (unpaired) electrons. The van der Waals surface area contributed by atoms with E-state index in [1.807, 2.05) is 0 Å². The predicted molar refractivity (Wildman–Crippen MR) is 124 cm³/mol. The molecule has 0 fully saturated rings. The number of methoxy groups -OCH3 is 1. The lowest BCUT2D eigenvalue weighted by molar-refractivity contribution is 0.0954. The van der Waals surface area contributed by atoms with Gasteiger partial charge in [-0.05, 0) is 41.5 Å². The zero-order chi connectivity index (χ0) is 22.6. The van der Waals surface area contributed by atoms with Crippen LogP contribution in [0.5, 0.6) is 11.5 Å². The van der Waals surface area contributed by atoms with Gasteiger partial charge in [0.2, 0.25) is 0 Å². The highest BCUT2D eigenvalue weighted by atomic mass is 16.5. The molecule has 5 rings (SSSR count). The second-order valence-electron chi connectivity index (χ2n) is 8.49. The molecule has 0 saturated heterocycles. The number of nitrogens with zero attached hydrogens (tertiary/aromatic N) is 4. The van der Waals surface area contributed by atoms with E-state index in [4.69, 9.17) is 9.47 Å². The molecule has 2 aliphatic rings. The summed E-state index contributed by atoms with van der Waals surface area (Å²) in [5.74, 6) is 3.62. The summed E-state index contributed by atoms with van der Waals surface area (Å²) in [7, 11) is 1.61. The highest BCUT2D eigenvalue weighted by Gasteiger charge is 2.20. The summed E-state index contributed by atoms with van der Waals surface area (Å²) in [6.45, 7) is 5.00. The Kier molecular flexibility index (Phi) is 6.26. The van der Waals surface area contributed by atoms with Crippen LogP contribution < -0.4 is 14.8 Å². The van der Waals surface area contributed by atoms with Crippen molar-refractivity contribution in [1.82, 2.24) is 25.0 Å². The van der Waals surface area contributed by atoms with Gasteiger partial charge in [0.1, 0.15) is 23.1 Å². The van der Waals surface area contributed by atoms with Crippen molar-refractivity contribution in [3.8, 4) is 11.5 Å². The number of fused-ring (bicyclic) bond motifs is 2. The fraction of sp³-hybridized carbons (Fsp3) is 0.400. The fourth-order valence-electron chi connectivity index (χ4n) is 4.50. The average Bonchev–Trinajstić information content (AvgIpc) is 3.42. The molecule has 2 aromatic carbocycles. The molecular formula is C25H29N5O3. The van der Waals surface area contributed by atoms with Crippen LogP contribution in [0.3, 0.4) is 0 Å². The van der Waals surface area contributed by atoms with Crippen molar-refractivity contribution < 1.29 is 14.3 Å². The fourth-order valence-corrected chi connectivity index (χ4v) is 4.50. The highest BCUT2D eigenvalue weighted by molar-refractivity contribution is 5.94. The van der Waals surface area contributed by atoms with Crippen LogP contribution in [0, 0.1) is 0 Å². The largest absolute Gasteiger partial charge is 0.497 e. The molecule has 3 heterocycles. The third-order valence-electron chi connectivity index (χ3n) is 6.34. The van der Waals surface area contributed by atoms with Crippen LogP contribution in [-0.4, -0.2) is 58.9 Å². The first-order chi connectivity index (χ1) is 16.2. The molecule has 1 amide bonds. The summed E-state index contributed by atoms with van der Waals surface area (Å²) in [5, 5.41) is 11.8. The third-order valence-corrected chi connectivity index (χ3v) is 6.34. The topological polar surface area (TPSA) is 81.5 Å². The number of aromatic nitrogens is 3. The number of carbonyl (C=O) groups excluding carboxylic acids is 1. The molecule has 33 heavy (non-hydrogen) atoms. The first kappa shape index (κ1) is 21.5. The van der Waals surface area contributed by atoms with Gasteiger partial charge in [-0.1, -0.05) is 12.1 Å².